The van der Waals surface area contributed by atoms with Crippen LogP contribution in [0.1, 0.15) is 42.5 Å². The Labute approximate surface area is 180 Å². The molecule has 1 aliphatic heterocycles. The number of nitrogens with one attached hydrogen (secondary N) is 1. The minimum atomic E-state index is -4.38. The first-order valence-corrected chi connectivity index (χ1v) is 9.49. The Morgan fingerprint density at radius 3 is 2.72 bits per heavy atom. The van der Waals surface area contributed by atoms with Gasteiger partial charge in [0.2, 0.25) is 5.91 Å². The number of likely N-dealkylation sites (tertiary alicyclic amines) is 1. The van der Waals surface area contributed by atoms with Crippen molar-refractivity contribution in [1.82, 2.24) is 14.9 Å². The molecule has 0 radical (unpaired) electrons. The van der Waals surface area contributed by atoms with Crippen molar-refractivity contribution in [3.8, 4) is 0 Å². The van der Waals surface area contributed by atoms with E-state index in [1.807, 2.05) is 0 Å². The summed E-state index contributed by atoms with van der Waals surface area (Å²) in [5, 5.41) is 3.22. The molecule has 0 saturated carbocycles. The highest BCUT2D eigenvalue weighted by molar-refractivity contribution is 7.59. The Morgan fingerprint density at radius 2 is 2.07 bits per heavy atom. The standard InChI is InChI=1S/C18H21F3N4OS.CH4.H2S/c1-11-5-14(16(8-22-11)18(19,20)21)6-13-3-4-25(9-13)10-15-7-23-17(27-15)24-12(2)26;;/h5,7-8,13H,3-4,6,9-10H2,1-2H3,(H,23,24,26);1H4;1H2. The lowest BCUT2D eigenvalue weighted by Gasteiger charge is -2.17. The van der Waals surface area contributed by atoms with Gasteiger partial charge in [-0.15, -0.1) is 11.3 Å². The minimum absolute atomic E-state index is 0. The molecule has 162 valence electrons. The van der Waals surface area contributed by atoms with Gasteiger partial charge in [-0.25, -0.2) is 4.98 Å². The SMILES string of the molecule is C.CC(=O)Nc1ncc(CN2CCC(Cc3cc(C)ncc3C(F)(F)F)C2)s1.S. The van der Waals surface area contributed by atoms with Crippen LogP contribution in [0, 0.1) is 12.8 Å². The van der Waals surface area contributed by atoms with Gasteiger partial charge < -0.3 is 5.32 Å². The van der Waals surface area contributed by atoms with Crippen LogP contribution in [0.15, 0.2) is 18.5 Å². The normalized spacial score (nSPS) is 16.8. The molecule has 2 aromatic heterocycles. The molecular weight excluding hydrogens is 421 g/mol. The van der Waals surface area contributed by atoms with Crippen molar-refractivity contribution in [1.29, 1.82) is 0 Å². The number of aromatic nitrogens is 2. The first-order valence-electron chi connectivity index (χ1n) is 8.68. The Balaban J connectivity index is 0.00000210. The third-order valence-corrected chi connectivity index (χ3v) is 5.42. The molecule has 29 heavy (non-hydrogen) atoms. The Bertz CT molecular complexity index is 826. The van der Waals surface area contributed by atoms with Crippen LogP contribution in [0.25, 0.3) is 0 Å². The summed E-state index contributed by atoms with van der Waals surface area (Å²) in [6.07, 6.45) is -0.447. The number of rotatable bonds is 5. The lowest BCUT2D eigenvalue weighted by atomic mass is 9.95. The van der Waals surface area contributed by atoms with Crippen LogP contribution in [-0.2, 0) is 23.9 Å². The van der Waals surface area contributed by atoms with Gasteiger partial charge in [-0.1, -0.05) is 7.43 Å². The summed E-state index contributed by atoms with van der Waals surface area (Å²) in [7, 11) is 0. The monoisotopic (exact) mass is 448 g/mol. The van der Waals surface area contributed by atoms with Crippen LogP contribution < -0.4 is 5.32 Å². The Hall–Kier alpha value is -1.65. The van der Waals surface area contributed by atoms with E-state index in [0.29, 0.717) is 29.4 Å². The van der Waals surface area contributed by atoms with E-state index in [0.717, 1.165) is 30.6 Å². The predicted molar refractivity (Wildman–Crippen MR) is 115 cm³/mol. The summed E-state index contributed by atoms with van der Waals surface area (Å²) < 4.78 is 39.7. The largest absolute Gasteiger partial charge is 0.418 e. The summed E-state index contributed by atoms with van der Waals surface area (Å²) in [4.78, 5) is 22.3. The van der Waals surface area contributed by atoms with Gasteiger partial charge in [-0.3, -0.25) is 14.7 Å². The Kier molecular flexibility index (Phi) is 9.10. The zero-order valence-corrected chi connectivity index (χ0v) is 17.5. The molecule has 1 saturated heterocycles. The molecule has 1 unspecified atom stereocenters. The van der Waals surface area contributed by atoms with Crippen molar-refractivity contribution < 1.29 is 18.0 Å². The first kappa shape index (κ1) is 25.4. The average molecular weight is 449 g/mol. The second kappa shape index (κ2) is 10.4. The molecule has 3 heterocycles. The van der Waals surface area contributed by atoms with Gasteiger partial charge in [0, 0.05) is 43.0 Å². The maximum Gasteiger partial charge on any atom is 0.418 e. The second-order valence-electron chi connectivity index (χ2n) is 6.89. The number of pyridine rings is 1. The molecule has 1 atom stereocenters. The molecule has 10 heteroatoms. The quantitative estimate of drug-likeness (QED) is 0.724. The third-order valence-electron chi connectivity index (χ3n) is 4.53. The molecular formula is C19H27F3N4OS2. The molecule has 5 nitrogen and oxygen atoms in total. The minimum Gasteiger partial charge on any atom is -0.302 e. The maximum absolute atomic E-state index is 13.2. The fourth-order valence-corrected chi connectivity index (χ4v) is 4.29. The van der Waals surface area contributed by atoms with Crippen LogP contribution in [-0.4, -0.2) is 33.9 Å². The van der Waals surface area contributed by atoms with Crippen molar-refractivity contribution >= 4 is 35.9 Å². The molecule has 0 aromatic carbocycles. The van der Waals surface area contributed by atoms with Crippen molar-refractivity contribution in [2.75, 3.05) is 18.4 Å². The van der Waals surface area contributed by atoms with E-state index in [4.69, 9.17) is 0 Å². The topological polar surface area (TPSA) is 58.1 Å². The van der Waals surface area contributed by atoms with Crippen LogP contribution in [0.4, 0.5) is 18.3 Å². The van der Waals surface area contributed by atoms with Crippen molar-refractivity contribution in [3.63, 3.8) is 0 Å². The fourth-order valence-electron chi connectivity index (χ4n) is 3.38. The average Bonchev–Trinajstić information content (AvgIpc) is 3.15. The van der Waals surface area contributed by atoms with Gasteiger partial charge in [0.15, 0.2) is 5.13 Å². The zero-order valence-electron chi connectivity index (χ0n) is 15.6. The van der Waals surface area contributed by atoms with E-state index < -0.39 is 11.7 Å². The number of carbonyl (C=O) groups is 1. The zero-order chi connectivity index (χ0) is 19.6. The number of halogens is 3. The molecule has 0 spiro atoms. The maximum atomic E-state index is 13.2. The molecule has 1 fully saturated rings. The highest BCUT2D eigenvalue weighted by Crippen LogP contribution is 2.34. The summed E-state index contributed by atoms with van der Waals surface area (Å²) in [5.41, 5.74) is 0.296. The van der Waals surface area contributed by atoms with Crippen LogP contribution in [0.5, 0.6) is 0 Å². The van der Waals surface area contributed by atoms with Gasteiger partial charge in [-0.05, 0) is 43.9 Å². The van der Waals surface area contributed by atoms with Crippen molar-refractivity contribution in [3.05, 3.63) is 40.2 Å². The molecule has 0 bridgehead atoms. The Morgan fingerprint density at radius 1 is 1.34 bits per heavy atom. The number of nitrogens with zero attached hydrogens (tertiary/aromatic N) is 3. The number of anilines is 1. The number of alkyl halides is 3. The molecule has 1 N–H and O–H groups in total. The van der Waals surface area contributed by atoms with Crippen molar-refractivity contribution in [2.24, 2.45) is 5.92 Å². The molecule has 1 aliphatic rings. The summed E-state index contributed by atoms with van der Waals surface area (Å²) >= 11 is 1.42. The molecule has 2 aromatic rings. The summed E-state index contributed by atoms with van der Waals surface area (Å²) in [6, 6.07) is 1.55. The van der Waals surface area contributed by atoms with E-state index in [9.17, 15) is 18.0 Å². The lowest BCUT2D eigenvalue weighted by molar-refractivity contribution is -0.138. The highest BCUT2D eigenvalue weighted by atomic mass is 32.1. The smallest absolute Gasteiger partial charge is 0.302 e. The van der Waals surface area contributed by atoms with Crippen LogP contribution in [0.3, 0.4) is 0 Å². The predicted octanol–water partition coefficient (Wildman–Crippen LogP) is 4.64. The lowest BCUT2D eigenvalue weighted by Crippen LogP contribution is -2.20. The second-order valence-corrected chi connectivity index (χ2v) is 8.00. The fraction of sp³-hybridized carbons (Fsp3) is 0.526. The number of carbonyl (C=O) groups excluding carboxylic acids is 1. The number of aryl methyl sites for hydroxylation is 1. The van der Waals surface area contributed by atoms with Gasteiger partial charge in [-0.2, -0.15) is 26.7 Å². The van der Waals surface area contributed by atoms with E-state index >= 15 is 0 Å². The third kappa shape index (κ3) is 6.97. The van der Waals surface area contributed by atoms with Crippen LogP contribution >= 0.6 is 24.8 Å². The highest BCUT2D eigenvalue weighted by Gasteiger charge is 2.35. The van der Waals surface area contributed by atoms with E-state index in [-0.39, 0.29) is 32.7 Å². The van der Waals surface area contributed by atoms with Crippen LogP contribution in [0.2, 0.25) is 0 Å². The van der Waals surface area contributed by atoms with Gasteiger partial charge >= 0.3 is 6.18 Å². The van der Waals surface area contributed by atoms with Gasteiger partial charge in [0.1, 0.15) is 0 Å². The number of amides is 1. The van der Waals surface area contributed by atoms with Gasteiger partial charge in [0.05, 0.1) is 5.56 Å². The molecule has 3 rings (SSSR count). The summed E-state index contributed by atoms with van der Waals surface area (Å²) in [5.74, 6) is 0.0147. The number of hydrogen-bond donors (Lipinski definition) is 1. The van der Waals surface area contributed by atoms with E-state index in [2.05, 4.69) is 20.2 Å². The van der Waals surface area contributed by atoms with Gasteiger partial charge in [0.25, 0.3) is 0 Å². The van der Waals surface area contributed by atoms with Crippen molar-refractivity contribution in [2.45, 2.75) is 46.8 Å². The number of thiazole rings is 1. The molecule has 1 amide bonds. The first-order chi connectivity index (χ1) is 12.7. The van der Waals surface area contributed by atoms with E-state index in [1.54, 1.807) is 19.2 Å². The number of hydrogen-bond acceptors (Lipinski definition) is 5. The molecule has 0 aliphatic carbocycles. The van der Waals surface area contributed by atoms with E-state index in [1.165, 1.54) is 18.3 Å². The summed E-state index contributed by atoms with van der Waals surface area (Å²) in [6.45, 7) is 5.41.